The lowest BCUT2D eigenvalue weighted by Crippen LogP contribution is -2.63. The minimum Gasteiger partial charge on any atom is -0.456 e. The lowest BCUT2D eigenvalue weighted by Gasteiger charge is -2.50. The number of aromatic nitrogens is 1. The van der Waals surface area contributed by atoms with Gasteiger partial charge in [0.15, 0.2) is 0 Å². The summed E-state index contributed by atoms with van der Waals surface area (Å²) in [4.78, 5) is 33.5. The Kier molecular flexibility index (Phi) is 6.56. The molecule has 9 heteroatoms. The van der Waals surface area contributed by atoms with Crippen molar-refractivity contribution in [1.82, 2.24) is 14.8 Å². The van der Waals surface area contributed by atoms with Crippen molar-refractivity contribution in [2.24, 2.45) is 5.92 Å². The molecular formula is C25H29FN4O4. The van der Waals surface area contributed by atoms with E-state index in [1.165, 1.54) is 30.5 Å². The number of aliphatic hydroxyl groups is 1. The van der Waals surface area contributed by atoms with Gasteiger partial charge in [-0.2, -0.15) is 0 Å². The first-order valence-corrected chi connectivity index (χ1v) is 11.3. The number of anilines is 1. The van der Waals surface area contributed by atoms with Crippen LogP contribution in [0.3, 0.4) is 0 Å². The molecule has 1 aliphatic heterocycles. The first-order chi connectivity index (χ1) is 16.1. The van der Waals surface area contributed by atoms with E-state index in [1.807, 2.05) is 23.6 Å². The molecule has 2 N–H and O–H groups in total. The topological polar surface area (TPSA) is 95.0 Å². The van der Waals surface area contributed by atoms with Crippen LogP contribution in [0.2, 0.25) is 0 Å². The predicted molar refractivity (Wildman–Crippen MR) is 125 cm³/mol. The number of pyridine rings is 1. The van der Waals surface area contributed by atoms with Gasteiger partial charge in [-0.05, 0) is 63.1 Å². The third kappa shape index (κ3) is 5.20. The Balaban J connectivity index is 1.31. The Morgan fingerprint density at radius 1 is 1.15 bits per heavy atom. The summed E-state index contributed by atoms with van der Waals surface area (Å²) in [7, 11) is 0. The molecule has 1 aromatic heterocycles. The quantitative estimate of drug-likeness (QED) is 0.633. The van der Waals surface area contributed by atoms with E-state index in [9.17, 15) is 19.1 Å². The second-order valence-corrected chi connectivity index (χ2v) is 9.38. The fraction of sp³-hybridized carbons (Fsp3) is 0.400. The number of aliphatic hydroxyl groups excluding tert-OH is 1. The van der Waals surface area contributed by atoms with Crippen LogP contribution < -0.4 is 10.1 Å². The van der Waals surface area contributed by atoms with Crippen molar-refractivity contribution in [1.29, 1.82) is 0 Å². The number of hydrogen-bond donors (Lipinski definition) is 2. The van der Waals surface area contributed by atoms with Crippen molar-refractivity contribution >= 4 is 17.6 Å². The summed E-state index contributed by atoms with van der Waals surface area (Å²) in [6, 6.07) is 8.89. The minimum atomic E-state index is -0.476. The predicted octanol–water partition coefficient (Wildman–Crippen LogP) is 3.16. The highest BCUT2D eigenvalue weighted by atomic mass is 19.1. The van der Waals surface area contributed by atoms with Crippen LogP contribution in [0.1, 0.15) is 26.7 Å². The highest BCUT2D eigenvalue weighted by Crippen LogP contribution is 2.33. The van der Waals surface area contributed by atoms with Crippen molar-refractivity contribution in [3.05, 3.63) is 60.7 Å². The van der Waals surface area contributed by atoms with Gasteiger partial charge < -0.3 is 25.0 Å². The zero-order valence-electron chi connectivity index (χ0n) is 19.3. The van der Waals surface area contributed by atoms with Gasteiger partial charge >= 0.3 is 0 Å². The number of piperazine rings is 1. The standard InChI is InChI=1S/C25H29FN4O4/c1-16(29-10-11-30(25(2,3)15-29)24(33)17-12-19(31)13-17)23(32)28-22-9-8-21(14-27-22)34-20-6-4-18(26)5-7-20/h4-9,14,17,19,31H,1,10-13,15H2,2-3H3,(H,27,28,32). The lowest BCUT2D eigenvalue weighted by molar-refractivity contribution is -0.151. The SMILES string of the molecule is C=C(C(=O)Nc1ccc(Oc2ccc(F)cc2)cn1)N1CCN(C(=O)C2CC(O)C2)C(C)(C)C1. The van der Waals surface area contributed by atoms with Crippen molar-refractivity contribution in [3.63, 3.8) is 0 Å². The number of amides is 2. The van der Waals surface area contributed by atoms with Gasteiger partial charge in [-0.25, -0.2) is 9.37 Å². The molecule has 0 unspecified atom stereocenters. The molecular weight excluding hydrogens is 439 g/mol. The summed E-state index contributed by atoms with van der Waals surface area (Å²) in [5.74, 6) is 0.489. The third-order valence-corrected chi connectivity index (χ3v) is 6.30. The molecule has 2 aromatic rings. The van der Waals surface area contributed by atoms with Crippen LogP contribution in [0.5, 0.6) is 11.5 Å². The fourth-order valence-corrected chi connectivity index (χ4v) is 4.29. The molecule has 8 nitrogen and oxygen atoms in total. The van der Waals surface area contributed by atoms with E-state index in [0.717, 1.165) is 0 Å². The molecule has 1 aromatic carbocycles. The van der Waals surface area contributed by atoms with Gasteiger partial charge in [0.05, 0.1) is 23.5 Å². The number of halogens is 1. The summed E-state index contributed by atoms with van der Waals surface area (Å²) < 4.78 is 18.6. The molecule has 2 aliphatic rings. The first-order valence-electron chi connectivity index (χ1n) is 11.3. The molecule has 1 aliphatic carbocycles. The van der Waals surface area contributed by atoms with Crippen LogP contribution in [0.15, 0.2) is 54.9 Å². The van der Waals surface area contributed by atoms with Gasteiger partial charge in [-0.15, -0.1) is 0 Å². The average Bonchev–Trinajstić information content (AvgIpc) is 2.78. The summed E-state index contributed by atoms with van der Waals surface area (Å²) in [5.41, 5.74) is -0.177. The zero-order chi connectivity index (χ0) is 24.5. The van der Waals surface area contributed by atoms with Crippen LogP contribution in [-0.2, 0) is 9.59 Å². The third-order valence-electron chi connectivity index (χ3n) is 6.30. The molecule has 2 fully saturated rings. The number of benzene rings is 1. The highest BCUT2D eigenvalue weighted by molar-refractivity contribution is 6.02. The van der Waals surface area contributed by atoms with E-state index in [-0.39, 0.29) is 29.7 Å². The molecule has 2 heterocycles. The second kappa shape index (κ2) is 9.42. The van der Waals surface area contributed by atoms with E-state index in [4.69, 9.17) is 4.74 Å². The van der Waals surface area contributed by atoms with Crippen LogP contribution in [0.4, 0.5) is 10.2 Å². The van der Waals surface area contributed by atoms with E-state index in [1.54, 1.807) is 12.1 Å². The Morgan fingerprint density at radius 2 is 1.82 bits per heavy atom. The molecule has 2 amide bonds. The van der Waals surface area contributed by atoms with Gasteiger partial charge in [-0.1, -0.05) is 6.58 Å². The molecule has 1 saturated heterocycles. The van der Waals surface area contributed by atoms with Crippen LogP contribution in [0, 0.1) is 11.7 Å². The van der Waals surface area contributed by atoms with Crippen molar-refractivity contribution < 1.29 is 23.8 Å². The van der Waals surface area contributed by atoms with E-state index < -0.39 is 5.54 Å². The highest BCUT2D eigenvalue weighted by Gasteiger charge is 2.43. The summed E-state index contributed by atoms with van der Waals surface area (Å²) in [6.07, 6.45) is 2.13. The number of hydrogen-bond acceptors (Lipinski definition) is 6. The molecule has 0 radical (unpaired) electrons. The summed E-state index contributed by atoms with van der Waals surface area (Å²) in [6.45, 7) is 9.35. The maximum Gasteiger partial charge on any atom is 0.272 e. The van der Waals surface area contributed by atoms with E-state index in [2.05, 4.69) is 16.9 Å². The Hall–Kier alpha value is -3.46. The van der Waals surface area contributed by atoms with E-state index >= 15 is 0 Å². The van der Waals surface area contributed by atoms with Crippen LogP contribution >= 0.6 is 0 Å². The Bertz CT molecular complexity index is 1070. The van der Waals surface area contributed by atoms with Crippen LogP contribution in [-0.4, -0.2) is 63.0 Å². The maximum absolute atomic E-state index is 13.0. The average molecular weight is 469 g/mol. The molecule has 0 bridgehead atoms. The van der Waals surface area contributed by atoms with Gasteiger partial charge in [0.25, 0.3) is 5.91 Å². The molecule has 0 atom stereocenters. The summed E-state index contributed by atoms with van der Waals surface area (Å²) >= 11 is 0. The van der Waals surface area contributed by atoms with E-state index in [0.29, 0.717) is 55.5 Å². The number of carbonyl (C=O) groups excluding carboxylic acids is 2. The number of carbonyl (C=O) groups is 2. The van der Waals surface area contributed by atoms with Crippen molar-refractivity contribution in [2.75, 3.05) is 25.0 Å². The molecule has 0 spiro atoms. The van der Waals surface area contributed by atoms with Crippen LogP contribution in [0.25, 0.3) is 0 Å². The van der Waals surface area contributed by atoms with Gasteiger partial charge in [0.2, 0.25) is 5.91 Å². The number of ether oxygens (including phenoxy) is 1. The number of nitrogens with one attached hydrogen (secondary N) is 1. The number of nitrogens with zero attached hydrogens (tertiary/aromatic N) is 3. The Labute approximate surface area is 198 Å². The smallest absolute Gasteiger partial charge is 0.272 e. The molecule has 1 saturated carbocycles. The molecule has 4 rings (SSSR count). The minimum absolute atomic E-state index is 0.0668. The zero-order valence-corrected chi connectivity index (χ0v) is 19.3. The monoisotopic (exact) mass is 468 g/mol. The van der Waals surface area contributed by atoms with Gasteiger partial charge in [0, 0.05) is 25.6 Å². The second-order valence-electron chi connectivity index (χ2n) is 9.38. The maximum atomic E-state index is 13.0. The normalized spacial score (nSPS) is 21.4. The Morgan fingerprint density at radius 3 is 2.41 bits per heavy atom. The fourth-order valence-electron chi connectivity index (χ4n) is 4.29. The van der Waals surface area contributed by atoms with Crippen molar-refractivity contribution in [3.8, 4) is 11.5 Å². The number of rotatable bonds is 6. The molecule has 180 valence electrons. The molecule has 34 heavy (non-hydrogen) atoms. The largest absolute Gasteiger partial charge is 0.456 e. The first kappa shape index (κ1) is 23.7. The lowest BCUT2D eigenvalue weighted by atomic mass is 9.80. The van der Waals surface area contributed by atoms with Gasteiger partial charge in [0.1, 0.15) is 23.1 Å². The van der Waals surface area contributed by atoms with Crippen molar-refractivity contribution in [2.45, 2.75) is 38.3 Å². The van der Waals surface area contributed by atoms with Gasteiger partial charge in [-0.3, -0.25) is 9.59 Å². The summed E-state index contributed by atoms with van der Waals surface area (Å²) in [5, 5.41) is 12.3.